The number of pyridine rings is 3. The van der Waals surface area contributed by atoms with Gasteiger partial charge in [-0.3, -0.25) is 38.9 Å². The van der Waals surface area contributed by atoms with Gasteiger partial charge >= 0.3 is 0 Å². The quantitative estimate of drug-likeness (QED) is 0.0893. The van der Waals surface area contributed by atoms with E-state index in [9.17, 15) is 29.2 Å². The lowest BCUT2D eigenvalue weighted by atomic mass is 9.81. The van der Waals surface area contributed by atoms with Crippen LogP contribution < -0.4 is 5.32 Å². The summed E-state index contributed by atoms with van der Waals surface area (Å²) in [5.74, 6) is 1.02. The molecule has 2 N–H and O–H groups in total. The summed E-state index contributed by atoms with van der Waals surface area (Å²) < 4.78 is 0. The molecule has 0 spiro atoms. The zero-order valence-electron chi connectivity index (χ0n) is 45.6. The number of thiophene rings is 3. The fourth-order valence-corrected chi connectivity index (χ4v) is 14.8. The lowest BCUT2D eigenvalue weighted by Crippen LogP contribution is -2.21. The van der Waals surface area contributed by atoms with Crippen molar-refractivity contribution >= 4 is 104 Å². The number of carbonyl (C=O) groups is 5. The molecule has 0 bridgehead atoms. The largest absolute Gasteiger partial charge is 0.411 e. The molecule has 420 valence electrons. The molecule has 1 amide bonds. The van der Waals surface area contributed by atoms with Crippen molar-refractivity contribution in [1.82, 2.24) is 20.3 Å². The summed E-state index contributed by atoms with van der Waals surface area (Å²) in [7, 11) is 0. The molecule has 3 unspecified atom stereocenters. The molecule has 6 aromatic heterocycles. The van der Waals surface area contributed by atoms with E-state index in [0.29, 0.717) is 42.3 Å². The Hall–Kier alpha value is -7.30. The third kappa shape index (κ3) is 14.2. The molecule has 9 aromatic rings. The Kier molecular flexibility index (Phi) is 18.8. The van der Waals surface area contributed by atoms with Crippen molar-refractivity contribution < 1.29 is 29.2 Å². The summed E-state index contributed by atoms with van der Waals surface area (Å²) in [4.78, 5) is 78.0. The van der Waals surface area contributed by atoms with E-state index >= 15 is 0 Å². The van der Waals surface area contributed by atoms with Crippen molar-refractivity contribution in [2.75, 3.05) is 6.54 Å². The highest BCUT2D eigenvalue weighted by atomic mass is 35.5. The predicted octanol–water partition coefficient (Wildman–Crippen LogP) is 16.3. The van der Waals surface area contributed by atoms with Gasteiger partial charge in [-0.1, -0.05) is 76.4 Å². The zero-order valence-corrected chi connectivity index (χ0v) is 50.3. The van der Waals surface area contributed by atoms with E-state index in [-0.39, 0.29) is 46.8 Å². The number of benzene rings is 3. The van der Waals surface area contributed by atoms with Gasteiger partial charge in [0.15, 0.2) is 5.78 Å². The highest BCUT2D eigenvalue weighted by Gasteiger charge is 2.32. The number of Topliss-reactive ketones (excluding diaryl/α,β-unsaturated/α-hetero) is 4. The second-order valence-electron chi connectivity index (χ2n) is 20.8. The maximum absolute atomic E-state index is 12.6. The monoisotopic (exact) mass is 1220 g/mol. The van der Waals surface area contributed by atoms with Crippen LogP contribution in [0.15, 0.2) is 151 Å². The Morgan fingerprint density at radius 1 is 0.506 bits per heavy atom. The molecule has 0 saturated heterocycles. The van der Waals surface area contributed by atoms with Gasteiger partial charge in [-0.15, -0.1) is 34.0 Å². The average molecular weight is 1220 g/mol. The highest BCUT2D eigenvalue weighted by molar-refractivity contribution is 7.18. The van der Waals surface area contributed by atoms with Crippen LogP contribution in [0.3, 0.4) is 0 Å². The molecule has 17 heteroatoms. The maximum atomic E-state index is 12.6. The van der Waals surface area contributed by atoms with Gasteiger partial charge in [0, 0.05) is 115 Å². The fraction of sp³-hybridized carbons (Fsp3) is 0.227. The lowest BCUT2D eigenvalue weighted by Gasteiger charge is -2.23. The third-order valence-corrected chi connectivity index (χ3v) is 19.2. The first kappa shape index (κ1) is 58.9. The van der Waals surface area contributed by atoms with Crippen LogP contribution in [0.25, 0.3) is 31.3 Å². The van der Waals surface area contributed by atoms with Gasteiger partial charge in [0.1, 0.15) is 17.3 Å². The standard InChI is InChI=1S/2C22H19ClN2O2S.C22H18ClNO2S/c1-13(26)10-17-11-15(6-8-24-17)20-12-19-18(14-2-4-16(23)5-3-14)7-9-25-22(27)21(19)28-20;1-13(26)10-17-11-15(8-9-24-17)21-12-19-18(14-2-4-16(23)5-3-14)6-7-20(25-27)22(19)28-21;1-13(25)10-17-11-15(8-9-24-17)21-12-19-18(6-7-20(26)22(19)27-21)14-2-4-16(23)5-3-14/h2-6,8,11-12,18H,7,9-10H2,1H3,(H,25,27);2-5,8-9,11-12,18,27H,6-7,10H2,1H3;2-5,8-9,11-12,18H,6-7,10H2,1H3. The van der Waals surface area contributed by atoms with Gasteiger partial charge < -0.3 is 10.5 Å². The Bertz CT molecular complexity index is 3930. The Morgan fingerprint density at radius 3 is 1.28 bits per heavy atom. The van der Waals surface area contributed by atoms with E-state index in [4.69, 9.17) is 34.8 Å². The minimum Gasteiger partial charge on any atom is -0.411 e. The first-order valence-electron chi connectivity index (χ1n) is 27.1. The van der Waals surface area contributed by atoms with Crippen LogP contribution in [0, 0.1) is 0 Å². The Balaban J connectivity index is 0.000000139. The Morgan fingerprint density at radius 2 is 0.867 bits per heavy atom. The van der Waals surface area contributed by atoms with Crippen molar-refractivity contribution in [1.29, 1.82) is 0 Å². The minimum absolute atomic E-state index is 0.0271. The number of amides is 1. The molecule has 3 atom stereocenters. The summed E-state index contributed by atoms with van der Waals surface area (Å²) in [6.07, 6.45) is 9.97. The number of nitrogens with one attached hydrogen (secondary N) is 1. The van der Waals surface area contributed by atoms with Gasteiger partial charge in [0.25, 0.3) is 5.91 Å². The van der Waals surface area contributed by atoms with Crippen molar-refractivity contribution in [3.05, 3.63) is 226 Å². The van der Waals surface area contributed by atoms with Crippen LogP contribution >= 0.6 is 68.8 Å². The normalized spacial score (nSPS) is 16.7. The summed E-state index contributed by atoms with van der Waals surface area (Å²) in [5, 5.41) is 18.2. The summed E-state index contributed by atoms with van der Waals surface area (Å²) in [6.45, 7) is 5.33. The molecular formula is C66H56Cl3N5O6S3. The molecule has 2 aliphatic carbocycles. The van der Waals surface area contributed by atoms with Crippen molar-refractivity contribution in [2.45, 2.75) is 89.9 Å². The summed E-state index contributed by atoms with van der Waals surface area (Å²) >= 11 is 22.8. The highest BCUT2D eigenvalue weighted by Crippen LogP contribution is 2.46. The summed E-state index contributed by atoms with van der Waals surface area (Å²) in [5.41, 5.74) is 12.9. The fourth-order valence-electron chi connectivity index (χ4n) is 10.9. The zero-order chi connectivity index (χ0) is 58.3. The first-order chi connectivity index (χ1) is 40.1. The molecule has 83 heavy (non-hydrogen) atoms. The van der Waals surface area contributed by atoms with Crippen LogP contribution in [-0.2, 0) is 33.6 Å². The maximum Gasteiger partial charge on any atom is 0.261 e. The van der Waals surface area contributed by atoms with Crippen molar-refractivity contribution in [3.8, 4) is 31.3 Å². The van der Waals surface area contributed by atoms with Crippen LogP contribution in [-0.4, -0.2) is 61.5 Å². The third-order valence-electron chi connectivity index (χ3n) is 14.7. The van der Waals surface area contributed by atoms with E-state index in [0.717, 1.165) is 116 Å². The van der Waals surface area contributed by atoms with Gasteiger partial charge in [-0.2, -0.15) is 0 Å². The molecule has 7 heterocycles. The molecule has 0 radical (unpaired) electrons. The molecule has 3 aromatic carbocycles. The van der Waals surface area contributed by atoms with E-state index < -0.39 is 0 Å². The van der Waals surface area contributed by atoms with Crippen LogP contribution in [0.4, 0.5) is 0 Å². The number of ketones is 4. The van der Waals surface area contributed by atoms with E-state index in [1.165, 1.54) is 39.4 Å². The molecule has 12 rings (SSSR count). The van der Waals surface area contributed by atoms with Gasteiger partial charge in [0.2, 0.25) is 0 Å². The predicted molar refractivity (Wildman–Crippen MR) is 334 cm³/mol. The SMILES string of the molecule is CC(=O)Cc1cc(-c2cc3c(s2)C(=NO)CCC3c2ccc(Cl)cc2)ccn1.CC(=O)Cc1cc(-c2cc3c(s2)C(=O)CCC3c2ccc(Cl)cc2)ccn1.CC(=O)Cc1cc(-c2cc3c(s2)C(=O)NCCC3c2ccc(Cl)cc2)ccn1. The second-order valence-corrected chi connectivity index (χ2v) is 25.3. The molecule has 3 aliphatic rings. The van der Waals surface area contributed by atoms with Gasteiger partial charge in [-0.05, 0) is 188 Å². The van der Waals surface area contributed by atoms with Crippen LogP contribution in [0.5, 0.6) is 0 Å². The lowest BCUT2D eigenvalue weighted by molar-refractivity contribution is -0.117. The van der Waals surface area contributed by atoms with Crippen molar-refractivity contribution in [3.63, 3.8) is 0 Å². The van der Waals surface area contributed by atoms with E-state index in [1.807, 2.05) is 97.1 Å². The molecule has 0 fully saturated rings. The van der Waals surface area contributed by atoms with Crippen LogP contribution in [0.2, 0.25) is 15.1 Å². The first-order valence-corrected chi connectivity index (χ1v) is 30.7. The van der Waals surface area contributed by atoms with Crippen LogP contribution in [0.1, 0.15) is 145 Å². The number of nitrogens with zero attached hydrogens (tertiary/aromatic N) is 4. The number of aromatic nitrogens is 3. The second kappa shape index (κ2) is 26.5. The number of hydrogen-bond donors (Lipinski definition) is 2. The number of oxime groups is 1. The molecule has 1 aliphatic heterocycles. The molecule has 0 saturated carbocycles. The number of fused-ring (bicyclic) bond motifs is 3. The average Bonchev–Trinajstić information content (AvgIpc) is 4.01. The number of rotatable bonds is 12. The molecule has 11 nitrogen and oxygen atoms in total. The summed E-state index contributed by atoms with van der Waals surface area (Å²) in [6, 6.07) is 41.7. The topological polar surface area (TPSA) is 169 Å². The van der Waals surface area contributed by atoms with E-state index in [2.05, 4.69) is 55.8 Å². The van der Waals surface area contributed by atoms with Gasteiger partial charge in [0.05, 0.1) is 20.3 Å². The minimum atomic E-state index is -0.0271. The smallest absolute Gasteiger partial charge is 0.261 e. The van der Waals surface area contributed by atoms with E-state index in [1.54, 1.807) is 50.7 Å². The number of halogens is 3. The van der Waals surface area contributed by atoms with Crippen molar-refractivity contribution in [2.24, 2.45) is 5.16 Å². The Labute approximate surface area is 508 Å². The van der Waals surface area contributed by atoms with Gasteiger partial charge in [-0.25, -0.2) is 0 Å². The number of carbonyl (C=O) groups excluding carboxylic acids is 5. The molecular weight excluding hydrogens is 1160 g/mol. The number of hydrogen-bond acceptors (Lipinski definition) is 13.